The van der Waals surface area contributed by atoms with Crippen molar-refractivity contribution in [3.8, 4) is 0 Å². The number of aryl methyl sites for hydroxylation is 1. The van der Waals surface area contributed by atoms with E-state index in [1.807, 2.05) is 25.1 Å². The summed E-state index contributed by atoms with van der Waals surface area (Å²) in [7, 11) is 1.35. The maximum atomic E-state index is 11.6. The number of furan rings is 1. The fourth-order valence-electron chi connectivity index (χ4n) is 2.83. The van der Waals surface area contributed by atoms with Crippen LogP contribution in [0.25, 0.3) is 0 Å². The zero-order chi connectivity index (χ0) is 15.0. The van der Waals surface area contributed by atoms with E-state index >= 15 is 0 Å². The summed E-state index contributed by atoms with van der Waals surface area (Å²) in [5.41, 5.74) is 9.97. The van der Waals surface area contributed by atoms with Gasteiger partial charge in [0.05, 0.1) is 25.0 Å². The first-order valence-corrected chi connectivity index (χ1v) is 6.90. The Bertz CT molecular complexity index is 691. The largest absolute Gasteiger partial charge is 0.463 e. The molecular formula is C16H18N2O3. The van der Waals surface area contributed by atoms with Crippen LogP contribution in [0.5, 0.6) is 0 Å². The van der Waals surface area contributed by atoms with Crippen LogP contribution in [0.1, 0.15) is 27.4 Å². The molecule has 5 heteroatoms. The fraction of sp³-hybridized carbons (Fsp3) is 0.312. The molecular weight excluding hydrogens is 268 g/mol. The van der Waals surface area contributed by atoms with Crippen molar-refractivity contribution in [3.05, 3.63) is 46.9 Å². The van der Waals surface area contributed by atoms with Crippen LogP contribution in [0.3, 0.4) is 0 Å². The highest BCUT2D eigenvalue weighted by molar-refractivity contribution is 5.87. The number of ether oxygens (including phenoxy) is 1. The Labute approximate surface area is 123 Å². The minimum Gasteiger partial charge on any atom is -0.463 e. The van der Waals surface area contributed by atoms with Crippen LogP contribution >= 0.6 is 0 Å². The molecule has 2 heterocycles. The summed E-state index contributed by atoms with van der Waals surface area (Å²) in [6.45, 7) is 3.33. The van der Waals surface area contributed by atoms with Gasteiger partial charge in [-0.05, 0) is 31.0 Å². The van der Waals surface area contributed by atoms with E-state index < -0.39 is 5.97 Å². The van der Waals surface area contributed by atoms with Gasteiger partial charge < -0.3 is 19.8 Å². The lowest BCUT2D eigenvalue weighted by Crippen LogP contribution is -2.20. The van der Waals surface area contributed by atoms with Crippen LogP contribution in [0.15, 0.2) is 28.7 Å². The minimum absolute atomic E-state index is 0.271. The van der Waals surface area contributed by atoms with Gasteiger partial charge in [0.25, 0.3) is 0 Å². The standard InChI is InChI=1S/C16H18N2O3/c1-10-8-12(21-15(10)16(19)20-2)9-18-7-6-11-4-3-5-13(17)14(11)18/h3-5,8H,6-7,9,17H2,1-2H3. The van der Waals surface area contributed by atoms with Crippen molar-refractivity contribution in [1.82, 2.24) is 0 Å². The number of benzene rings is 1. The number of fused-ring (bicyclic) bond motifs is 1. The molecule has 5 nitrogen and oxygen atoms in total. The number of nitrogens with two attached hydrogens (primary N) is 1. The maximum absolute atomic E-state index is 11.6. The smallest absolute Gasteiger partial charge is 0.374 e. The number of nitrogens with zero attached hydrogens (tertiary/aromatic N) is 1. The molecule has 110 valence electrons. The molecule has 1 aromatic carbocycles. The lowest BCUT2D eigenvalue weighted by molar-refractivity contribution is 0.0562. The number of esters is 1. The van der Waals surface area contributed by atoms with Crippen LogP contribution in [-0.2, 0) is 17.7 Å². The summed E-state index contributed by atoms with van der Waals surface area (Å²) in [5.74, 6) is 0.567. The van der Waals surface area contributed by atoms with E-state index in [4.69, 9.17) is 14.9 Å². The molecule has 2 N–H and O–H groups in total. The van der Waals surface area contributed by atoms with Gasteiger partial charge in [-0.3, -0.25) is 0 Å². The Balaban J connectivity index is 1.85. The highest BCUT2D eigenvalue weighted by Gasteiger charge is 2.23. The molecule has 0 saturated carbocycles. The van der Waals surface area contributed by atoms with E-state index in [0.717, 1.165) is 35.7 Å². The molecule has 1 aliphatic heterocycles. The molecule has 0 amide bonds. The zero-order valence-corrected chi connectivity index (χ0v) is 12.2. The summed E-state index contributed by atoms with van der Waals surface area (Å²) in [6.07, 6.45) is 0.976. The number of hydrogen-bond donors (Lipinski definition) is 1. The average molecular weight is 286 g/mol. The molecule has 0 spiro atoms. The van der Waals surface area contributed by atoms with E-state index in [1.165, 1.54) is 12.7 Å². The monoisotopic (exact) mass is 286 g/mol. The first kappa shape index (κ1) is 13.5. The van der Waals surface area contributed by atoms with Crippen molar-refractivity contribution in [3.63, 3.8) is 0 Å². The summed E-state index contributed by atoms with van der Waals surface area (Å²) in [6, 6.07) is 7.86. The van der Waals surface area contributed by atoms with Crippen molar-refractivity contribution in [2.24, 2.45) is 0 Å². The molecule has 0 fully saturated rings. The Hall–Kier alpha value is -2.43. The van der Waals surface area contributed by atoms with E-state index in [0.29, 0.717) is 6.54 Å². The Morgan fingerprint density at radius 3 is 3.05 bits per heavy atom. The van der Waals surface area contributed by atoms with E-state index in [2.05, 4.69) is 11.0 Å². The number of hydrogen-bond acceptors (Lipinski definition) is 5. The van der Waals surface area contributed by atoms with Crippen LogP contribution in [-0.4, -0.2) is 19.6 Å². The lowest BCUT2D eigenvalue weighted by atomic mass is 10.1. The molecule has 0 unspecified atom stereocenters. The minimum atomic E-state index is -0.444. The normalized spacial score (nSPS) is 13.3. The first-order valence-electron chi connectivity index (χ1n) is 6.90. The summed E-state index contributed by atoms with van der Waals surface area (Å²) >= 11 is 0. The van der Waals surface area contributed by atoms with Gasteiger partial charge in [0.1, 0.15) is 5.76 Å². The van der Waals surface area contributed by atoms with Gasteiger partial charge in [-0.15, -0.1) is 0 Å². The third-order valence-corrected chi connectivity index (χ3v) is 3.80. The van der Waals surface area contributed by atoms with E-state index in [1.54, 1.807) is 0 Å². The van der Waals surface area contributed by atoms with Crippen molar-refractivity contribution in [1.29, 1.82) is 0 Å². The zero-order valence-electron chi connectivity index (χ0n) is 12.2. The molecule has 21 heavy (non-hydrogen) atoms. The molecule has 3 rings (SSSR count). The number of nitrogen functional groups attached to an aromatic ring is 1. The molecule has 0 atom stereocenters. The molecule has 0 radical (unpaired) electrons. The van der Waals surface area contributed by atoms with E-state index in [9.17, 15) is 4.79 Å². The van der Waals surface area contributed by atoms with Crippen molar-refractivity contribution >= 4 is 17.3 Å². The average Bonchev–Trinajstić information content (AvgIpc) is 3.03. The van der Waals surface area contributed by atoms with E-state index in [-0.39, 0.29) is 5.76 Å². The summed E-state index contributed by atoms with van der Waals surface area (Å²) < 4.78 is 10.3. The molecule has 1 aromatic heterocycles. The predicted molar refractivity (Wildman–Crippen MR) is 80.4 cm³/mol. The first-order chi connectivity index (χ1) is 10.1. The quantitative estimate of drug-likeness (QED) is 0.693. The van der Waals surface area contributed by atoms with Gasteiger partial charge in [0.15, 0.2) is 0 Å². The van der Waals surface area contributed by atoms with Gasteiger partial charge in [0, 0.05) is 12.1 Å². The van der Waals surface area contributed by atoms with Crippen molar-refractivity contribution in [2.75, 3.05) is 24.3 Å². The lowest BCUT2D eigenvalue weighted by Gasteiger charge is -2.19. The topological polar surface area (TPSA) is 68.7 Å². The highest BCUT2D eigenvalue weighted by Crippen LogP contribution is 2.34. The summed E-state index contributed by atoms with van der Waals surface area (Å²) in [5, 5.41) is 0. The van der Waals surface area contributed by atoms with Crippen LogP contribution in [0.2, 0.25) is 0 Å². The Morgan fingerprint density at radius 2 is 2.29 bits per heavy atom. The van der Waals surface area contributed by atoms with Gasteiger partial charge in [-0.25, -0.2) is 4.79 Å². The second-order valence-electron chi connectivity index (χ2n) is 5.24. The molecule has 2 aromatic rings. The third kappa shape index (κ3) is 2.35. The van der Waals surface area contributed by atoms with Crippen LogP contribution < -0.4 is 10.6 Å². The molecule has 0 aliphatic carbocycles. The van der Waals surface area contributed by atoms with Gasteiger partial charge in [-0.1, -0.05) is 12.1 Å². The summed E-state index contributed by atoms with van der Waals surface area (Å²) in [4.78, 5) is 13.8. The Kier molecular flexibility index (Phi) is 3.33. The fourth-order valence-corrected chi connectivity index (χ4v) is 2.83. The second-order valence-corrected chi connectivity index (χ2v) is 5.24. The van der Waals surface area contributed by atoms with Gasteiger partial charge >= 0.3 is 5.97 Å². The van der Waals surface area contributed by atoms with Crippen molar-refractivity contribution < 1.29 is 13.9 Å². The predicted octanol–water partition coefficient (Wildman–Crippen LogP) is 2.52. The van der Waals surface area contributed by atoms with Gasteiger partial charge in [-0.2, -0.15) is 0 Å². The van der Waals surface area contributed by atoms with Crippen LogP contribution in [0, 0.1) is 6.92 Å². The number of para-hydroxylation sites is 1. The number of methoxy groups -OCH3 is 1. The molecule has 1 aliphatic rings. The Morgan fingerprint density at radius 1 is 1.48 bits per heavy atom. The highest BCUT2D eigenvalue weighted by atomic mass is 16.5. The third-order valence-electron chi connectivity index (χ3n) is 3.80. The molecule has 0 saturated heterocycles. The van der Waals surface area contributed by atoms with Gasteiger partial charge in [0.2, 0.25) is 5.76 Å². The number of carbonyl (C=O) groups is 1. The SMILES string of the molecule is COC(=O)c1oc(CN2CCc3cccc(N)c32)cc1C. The number of carbonyl (C=O) groups excluding carboxylic acids is 1. The number of anilines is 2. The van der Waals surface area contributed by atoms with Crippen molar-refractivity contribution in [2.45, 2.75) is 19.9 Å². The van der Waals surface area contributed by atoms with Crippen LogP contribution in [0.4, 0.5) is 11.4 Å². The molecule has 0 bridgehead atoms. The maximum Gasteiger partial charge on any atom is 0.374 e. The second kappa shape index (κ2) is 5.16. The number of rotatable bonds is 3.